The maximum Gasteiger partial charge on any atom is 0.104 e. The molecule has 0 amide bonds. The van der Waals surface area contributed by atoms with Crippen LogP contribution in [0.25, 0.3) is 0 Å². The Kier molecular flexibility index (Phi) is 3.54. The van der Waals surface area contributed by atoms with Gasteiger partial charge in [0, 0.05) is 23.4 Å². The summed E-state index contributed by atoms with van der Waals surface area (Å²) in [5, 5.41) is 10.1. The van der Waals surface area contributed by atoms with Gasteiger partial charge in [0.15, 0.2) is 0 Å². The van der Waals surface area contributed by atoms with Crippen LogP contribution in [0.3, 0.4) is 0 Å². The molecular weight excluding hydrogens is 190 g/mol. The molecule has 0 aliphatic heterocycles. The zero-order valence-corrected chi connectivity index (χ0v) is 8.08. The molecule has 0 bridgehead atoms. The van der Waals surface area contributed by atoms with Crippen LogP contribution in [0.15, 0.2) is 18.2 Å². The van der Waals surface area contributed by atoms with Gasteiger partial charge < -0.3 is 15.6 Å². The van der Waals surface area contributed by atoms with Gasteiger partial charge in [-0.3, -0.25) is 0 Å². The third kappa shape index (κ3) is 2.59. The summed E-state index contributed by atoms with van der Waals surface area (Å²) in [7, 11) is 1.52. The molecule has 0 fully saturated rings. The average molecular weight is 202 g/mol. The predicted octanol–water partition coefficient (Wildman–Crippen LogP) is 1.60. The molecule has 3 nitrogen and oxygen atoms in total. The largest absolute Gasteiger partial charge is 0.398 e. The van der Waals surface area contributed by atoms with E-state index in [4.69, 9.17) is 22.1 Å². The Labute approximate surface area is 82.1 Å². The summed E-state index contributed by atoms with van der Waals surface area (Å²) in [6.45, 7) is 0.228. The smallest absolute Gasteiger partial charge is 0.104 e. The van der Waals surface area contributed by atoms with Crippen molar-refractivity contribution in [1.82, 2.24) is 0 Å². The van der Waals surface area contributed by atoms with Crippen molar-refractivity contribution >= 4 is 17.3 Å². The van der Waals surface area contributed by atoms with Crippen LogP contribution >= 0.6 is 11.6 Å². The first-order chi connectivity index (χ1) is 6.15. The van der Waals surface area contributed by atoms with Crippen molar-refractivity contribution in [2.24, 2.45) is 0 Å². The minimum atomic E-state index is -0.692. The molecule has 0 saturated carbocycles. The standard InChI is InChI=1S/C9H12ClNO2/c1-13-5-9(12)7-3-2-6(10)4-8(7)11/h2-4,9,12H,5,11H2,1H3. The van der Waals surface area contributed by atoms with Gasteiger partial charge in [0.2, 0.25) is 0 Å². The lowest BCUT2D eigenvalue weighted by atomic mass is 10.1. The summed E-state index contributed by atoms with van der Waals surface area (Å²) in [5.41, 5.74) is 6.78. The molecule has 0 heterocycles. The number of ether oxygens (including phenoxy) is 1. The summed E-state index contributed by atoms with van der Waals surface area (Å²) < 4.78 is 4.80. The summed E-state index contributed by atoms with van der Waals surface area (Å²) in [4.78, 5) is 0. The van der Waals surface area contributed by atoms with E-state index in [1.165, 1.54) is 7.11 Å². The van der Waals surface area contributed by atoms with Crippen LogP contribution in [0.1, 0.15) is 11.7 Å². The lowest BCUT2D eigenvalue weighted by molar-refractivity contribution is 0.0648. The van der Waals surface area contributed by atoms with Crippen molar-refractivity contribution in [1.29, 1.82) is 0 Å². The molecular formula is C9H12ClNO2. The number of rotatable bonds is 3. The van der Waals surface area contributed by atoms with E-state index in [0.29, 0.717) is 16.3 Å². The SMILES string of the molecule is COCC(O)c1ccc(Cl)cc1N. The van der Waals surface area contributed by atoms with Gasteiger partial charge in [0.05, 0.1) is 6.61 Å². The van der Waals surface area contributed by atoms with Crippen LogP contribution in [-0.4, -0.2) is 18.8 Å². The van der Waals surface area contributed by atoms with Crippen LogP contribution in [0, 0.1) is 0 Å². The molecule has 1 aromatic carbocycles. The first-order valence-corrected chi connectivity index (χ1v) is 4.25. The average Bonchev–Trinajstić information content (AvgIpc) is 2.04. The molecule has 0 aliphatic carbocycles. The minimum absolute atomic E-state index is 0.228. The van der Waals surface area contributed by atoms with E-state index in [1.54, 1.807) is 18.2 Å². The van der Waals surface area contributed by atoms with Crippen LogP contribution in [0.4, 0.5) is 5.69 Å². The monoisotopic (exact) mass is 201 g/mol. The molecule has 1 atom stereocenters. The Bertz CT molecular complexity index is 291. The van der Waals surface area contributed by atoms with Crippen LogP contribution < -0.4 is 5.73 Å². The van der Waals surface area contributed by atoms with Crippen molar-refractivity contribution in [2.75, 3.05) is 19.5 Å². The molecule has 72 valence electrons. The van der Waals surface area contributed by atoms with Crippen molar-refractivity contribution < 1.29 is 9.84 Å². The van der Waals surface area contributed by atoms with Gasteiger partial charge in [0.1, 0.15) is 6.10 Å². The summed E-state index contributed by atoms with van der Waals surface area (Å²) in [6, 6.07) is 4.99. The van der Waals surface area contributed by atoms with Gasteiger partial charge in [-0.1, -0.05) is 17.7 Å². The topological polar surface area (TPSA) is 55.5 Å². The fraction of sp³-hybridized carbons (Fsp3) is 0.333. The molecule has 3 N–H and O–H groups in total. The summed E-state index contributed by atoms with van der Waals surface area (Å²) in [5.74, 6) is 0. The fourth-order valence-corrected chi connectivity index (χ4v) is 1.28. The molecule has 1 aromatic rings. The maximum absolute atomic E-state index is 9.54. The Hall–Kier alpha value is -0.770. The van der Waals surface area contributed by atoms with Gasteiger partial charge in [-0.2, -0.15) is 0 Å². The first-order valence-electron chi connectivity index (χ1n) is 3.87. The predicted molar refractivity (Wildman–Crippen MR) is 52.7 cm³/mol. The van der Waals surface area contributed by atoms with Crippen molar-refractivity contribution in [3.05, 3.63) is 28.8 Å². The second kappa shape index (κ2) is 4.46. The van der Waals surface area contributed by atoms with Gasteiger partial charge in [0.25, 0.3) is 0 Å². The zero-order chi connectivity index (χ0) is 9.84. The van der Waals surface area contributed by atoms with Crippen molar-refractivity contribution in [2.45, 2.75) is 6.10 Å². The number of methoxy groups -OCH3 is 1. The number of aliphatic hydroxyl groups is 1. The number of hydrogen-bond donors (Lipinski definition) is 2. The Morgan fingerprint density at radius 2 is 2.31 bits per heavy atom. The maximum atomic E-state index is 9.54. The molecule has 1 unspecified atom stereocenters. The van der Waals surface area contributed by atoms with E-state index in [0.717, 1.165) is 0 Å². The molecule has 4 heteroatoms. The normalized spacial score (nSPS) is 12.8. The van der Waals surface area contributed by atoms with E-state index >= 15 is 0 Å². The molecule has 0 aromatic heterocycles. The first kappa shape index (κ1) is 10.3. The molecule has 0 spiro atoms. The second-order valence-corrected chi connectivity index (χ2v) is 3.18. The highest BCUT2D eigenvalue weighted by atomic mass is 35.5. The fourth-order valence-electron chi connectivity index (χ4n) is 1.10. The third-order valence-electron chi connectivity index (χ3n) is 1.73. The zero-order valence-electron chi connectivity index (χ0n) is 7.33. The Morgan fingerprint density at radius 3 is 2.85 bits per heavy atom. The summed E-state index contributed by atoms with van der Waals surface area (Å²) >= 11 is 5.71. The number of halogens is 1. The molecule has 13 heavy (non-hydrogen) atoms. The van der Waals surface area contributed by atoms with E-state index in [1.807, 2.05) is 0 Å². The van der Waals surface area contributed by atoms with E-state index in [9.17, 15) is 5.11 Å². The second-order valence-electron chi connectivity index (χ2n) is 2.74. The Morgan fingerprint density at radius 1 is 1.62 bits per heavy atom. The number of hydrogen-bond acceptors (Lipinski definition) is 3. The number of benzene rings is 1. The summed E-state index contributed by atoms with van der Waals surface area (Å²) in [6.07, 6.45) is -0.692. The lowest BCUT2D eigenvalue weighted by Crippen LogP contribution is -2.07. The van der Waals surface area contributed by atoms with Crippen molar-refractivity contribution in [3.63, 3.8) is 0 Å². The van der Waals surface area contributed by atoms with Crippen LogP contribution in [0.5, 0.6) is 0 Å². The number of aliphatic hydroxyl groups excluding tert-OH is 1. The van der Waals surface area contributed by atoms with Crippen LogP contribution in [0.2, 0.25) is 5.02 Å². The van der Waals surface area contributed by atoms with Crippen molar-refractivity contribution in [3.8, 4) is 0 Å². The number of nitrogens with two attached hydrogens (primary N) is 1. The van der Waals surface area contributed by atoms with Gasteiger partial charge in [-0.05, 0) is 12.1 Å². The van der Waals surface area contributed by atoms with E-state index in [2.05, 4.69) is 0 Å². The third-order valence-corrected chi connectivity index (χ3v) is 1.97. The highest BCUT2D eigenvalue weighted by molar-refractivity contribution is 6.30. The van der Waals surface area contributed by atoms with Gasteiger partial charge >= 0.3 is 0 Å². The highest BCUT2D eigenvalue weighted by Gasteiger charge is 2.10. The van der Waals surface area contributed by atoms with Crippen LogP contribution in [-0.2, 0) is 4.74 Å². The Balaban J connectivity index is 2.88. The molecule has 1 rings (SSSR count). The number of nitrogen functional groups attached to an aromatic ring is 1. The van der Waals surface area contributed by atoms with E-state index < -0.39 is 6.10 Å². The highest BCUT2D eigenvalue weighted by Crippen LogP contribution is 2.23. The van der Waals surface area contributed by atoms with Gasteiger partial charge in [-0.25, -0.2) is 0 Å². The quantitative estimate of drug-likeness (QED) is 0.731. The molecule has 0 radical (unpaired) electrons. The van der Waals surface area contributed by atoms with E-state index in [-0.39, 0.29) is 6.61 Å². The number of anilines is 1. The molecule has 0 aliphatic rings. The lowest BCUT2D eigenvalue weighted by Gasteiger charge is -2.12. The van der Waals surface area contributed by atoms with Gasteiger partial charge in [-0.15, -0.1) is 0 Å². The minimum Gasteiger partial charge on any atom is -0.398 e. The molecule has 0 saturated heterocycles.